The topological polar surface area (TPSA) is 47.9 Å². The number of nitrogens with zero attached hydrogens (tertiary/aromatic N) is 1. The third kappa shape index (κ3) is 2.76. The Morgan fingerprint density at radius 2 is 2.06 bits per heavy atom. The van der Waals surface area contributed by atoms with Crippen molar-refractivity contribution in [1.82, 2.24) is 0 Å². The molecule has 0 spiro atoms. The minimum Gasteiger partial charge on any atom is -0.469 e. The molecular formula is C14H17NO3. The zero-order valence-electron chi connectivity index (χ0n) is 10.8. The van der Waals surface area contributed by atoms with Gasteiger partial charge in [0.05, 0.1) is 19.2 Å². The van der Waals surface area contributed by atoms with Crippen molar-refractivity contribution in [3.05, 3.63) is 35.9 Å². The van der Waals surface area contributed by atoms with Crippen molar-refractivity contribution < 1.29 is 14.3 Å². The van der Waals surface area contributed by atoms with E-state index >= 15 is 0 Å². The molecule has 96 valence electrons. The van der Waals surface area contributed by atoms with Gasteiger partial charge in [-0.05, 0) is 19.4 Å². The van der Waals surface area contributed by atoms with E-state index in [9.17, 15) is 4.79 Å². The summed E-state index contributed by atoms with van der Waals surface area (Å²) in [5.41, 5.74) is 1.20. The van der Waals surface area contributed by atoms with Gasteiger partial charge in [0.15, 0.2) is 5.72 Å². The predicted octanol–water partition coefficient (Wildman–Crippen LogP) is 2.17. The minimum atomic E-state index is -0.593. The average molecular weight is 247 g/mol. The van der Waals surface area contributed by atoms with Crippen LogP contribution in [-0.4, -0.2) is 30.6 Å². The molecule has 0 bridgehead atoms. The van der Waals surface area contributed by atoms with Gasteiger partial charge in [-0.1, -0.05) is 30.3 Å². The van der Waals surface area contributed by atoms with Crippen LogP contribution in [0.25, 0.3) is 0 Å². The van der Waals surface area contributed by atoms with Crippen molar-refractivity contribution in [1.29, 1.82) is 0 Å². The SMILES string of the molecule is COC(=O)CC1OC(C)(C)N=C1c1ccccc1. The lowest BCUT2D eigenvalue weighted by atomic mass is 10.0. The maximum absolute atomic E-state index is 11.4. The third-order valence-corrected chi connectivity index (χ3v) is 2.77. The average Bonchev–Trinajstić information content (AvgIpc) is 2.65. The number of hydrogen-bond acceptors (Lipinski definition) is 4. The molecule has 0 saturated carbocycles. The molecule has 0 radical (unpaired) electrons. The van der Waals surface area contributed by atoms with Crippen LogP contribution in [0, 0.1) is 0 Å². The Bertz CT molecular complexity index is 465. The Morgan fingerprint density at radius 3 is 2.67 bits per heavy atom. The smallest absolute Gasteiger partial charge is 0.308 e. The molecule has 1 aliphatic heterocycles. The van der Waals surface area contributed by atoms with Crippen LogP contribution < -0.4 is 0 Å². The molecule has 1 aromatic carbocycles. The van der Waals surface area contributed by atoms with Gasteiger partial charge in [0.2, 0.25) is 0 Å². The molecule has 4 heteroatoms. The summed E-state index contributed by atoms with van der Waals surface area (Å²) in [6.07, 6.45) is -0.150. The summed E-state index contributed by atoms with van der Waals surface area (Å²) in [6.45, 7) is 3.76. The molecule has 0 amide bonds. The Hall–Kier alpha value is -1.68. The van der Waals surface area contributed by atoms with Crippen LogP contribution in [0.1, 0.15) is 25.8 Å². The Morgan fingerprint density at radius 1 is 1.39 bits per heavy atom. The van der Waals surface area contributed by atoms with E-state index in [0.29, 0.717) is 0 Å². The highest BCUT2D eigenvalue weighted by atomic mass is 16.5. The fraction of sp³-hybridized carbons (Fsp3) is 0.429. The minimum absolute atomic E-state index is 0.188. The normalized spacial score (nSPS) is 21.5. The zero-order valence-corrected chi connectivity index (χ0v) is 10.8. The number of esters is 1. The number of carbonyl (C=O) groups excluding carboxylic acids is 1. The number of ether oxygens (including phenoxy) is 2. The van der Waals surface area contributed by atoms with E-state index in [1.807, 2.05) is 44.2 Å². The van der Waals surface area contributed by atoms with Crippen molar-refractivity contribution in [3.63, 3.8) is 0 Å². The molecule has 18 heavy (non-hydrogen) atoms. The highest BCUT2D eigenvalue weighted by molar-refractivity contribution is 6.06. The number of aliphatic imine (C=N–C) groups is 1. The molecule has 0 fully saturated rings. The highest BCUT2D eigenvalue weighted by Crippen LogP contribution is 2.28. The van der Waals surface area contributed by atoms with Gasteiger partial charge < -0.3 is 9.47 Å². The molecule has 4 nitrogen and oxygen atoms in total. The molecule has 1 aromatic rings. The number of hydrogen-bond donors (Lipinski definition) is 0. The van der Waals surface area contributed by atoms with Crippen molar-refractivity contribution >= 4 is 11.7 Å². The van der Waals surface area contributed by atoms with Gasteiger partial charge in [-0.25, -0.2) is 0 Å². The Kier molecular flexibility index (Phi) is 3.48. The molecule has 1 atom stereocenters. The van der Waals surface area contributed by atoms with Gasteiger partial charge in [0.1, 0.15) is 6.10 Å². The fourth-order valence-corrected chi connectivity index (χ4v) is 2.02. The van der Waals surface area contributed by atoms with Crippen LogP contribution >= 0.6 is 0 Å². The largest absolute Gasteiger partial charge is 0.469 e. The summed E-state index contributed by atoms with van der Waals surface area (Å²) >= 11 is 0. The standard InChI is InChI=1S/C14H17NO3/c1-14(2)15-13(10-7-5-4-6-8-10)11(18-14)9-12(16)17-3/h4-8,11H,9H2,1-3H3. The lowest BCUT2D eigenvalue weighted by molar-refractivity contribution is -0.143. The van der Waals surface area contributed by atoms with E-state index in [2.05, 4.69) is 4.99 Å². The van der Waals surface area contributed by atoms with Gasteiger partial charge in [-0.3, -0.25) is 9.79 Å². The lowest BCUT2D eigenvalue weighted by Gasteiger charge is -2.17. The monoisotopic (exact) mass is 247 g/mol. The van der Waals surface area contributed by atoms with Gasteiger partial charge in [-0.15, -0.1) is 0 Å². The van der Waals surface area contributed by atoms with Gasteiger partial charge in [-0.2, -0.15) is 0 Å². The quantitative estimate of drug-likeness (QED) is 0.769. The van der Waals surface area contributed by atoms with Gasteiger partial charge in [0.25, 0.3) is 0 Å². The number of methoxy groups -OCH3 is 1. The van der Waals surface area contributed by atoms with E-state index in [4.69, 9.17) is 9.47 Å². The second kappa shape index (κ2) is 4.90. The van der Waals surface area contributed by atoms with Gasteiger partial charge in [0, 0.05) is 0 Å². The first-order chi connectivity index (χ1) is 8.52. The van der Waals surface area contributed by atoms with Crippen LogP contribution in [0.4, 0.5) is 0 Å². The third-order valence-electron chi connectivity index (χ3n) is 2.77. The molecule has 0 saturated heterocycles. The second-order valence-corrected chi connectivity index (χ2v) is 4.70. The van der Waals surface area contributed by atoms with Crippen molar-refractivity contribution in [2.24, 2.45) is 4.99 Å². The molecule has 0 aliphatic carbocycles. The summed E-state index contributed by atoms with van der Waals surface area (Å²) in [5.74, 6) is -0.290. The maximum atomic E-state index is 11.4. The predicted molar refractivity (Wildman–Crippen MR) is 68.6 cm³/mol. The summed E-state index contributed by atoms with van der Waals surface area (Å²) < 4.78 is 10.5. The maximum Gasteiger partial charge on any atom is 0.308 e. The van der Waals surface area contributed by atoms with Crippen molar-refractivity contribution in [3.8, 4) is 0 Å². The molecule has 0 N–H and O–H groups in total. The van der Waals surface area contributed by atoms with Crippen molar-refractivity contribution in [2.75, 3.05) is 7.11 Å². The summed E-state index contributed by atoms with van der Waals surface area (Å²) in [6, 6.07) is 9.76. The second-order valence-electron chi connectivity index (χ2n) is 4.70. The van der Waals surface area contributed by atoms with Crippen LogP contribution in [0.2, 0.25) is 0 Å². The zero-order chi connectivity index (χ0) is 13.2. The van der Waals surface area contributed by atoms with E-state index in [1.165, 1.54) is 7.11 Å². The van der Waals surface area contributed by atoms with E-state index < -0.39 is 5.72 Å². The number of benzene rings is 1. The van der Waals surface area contributed by atoms with Gasteiger partial charge >= 0.3 is 5.97 Å². The molecule has 0 aromatic heterocycles. The molecular weight excluding hydrogens is 230 g/mol. The number of rotatable bonds is 3. The summed E-state index contributed by atoms with van der Waals surface area (Å²) in [7, 11) is 1.38. The Labute approximate surface area is 107 Å². The van der Waals surface area contributed by atoms with Crippen molar-refractivity contribution in [2.45, 2.75) is 32.1 Å². The van der Waals surface area contributed by atoms with Crippen LogP contribution in [-0.2, 0) is 14.3 Å². The highest BCUT2D eigenvalue weighted by Gasteiger charge is 2.36. The lowest BCUT2D eigenvalue weighted by Crippen LogP contribution is -2.27. The Balaban J connectivity index is 2.26. The molecule has 1 heterocycles. The number of carbonyl (C=O) groups is 1. The fourth-order valence-electron chi connectivity index (χ4n) is 2.02. The van der Waals surface area contributed by atoms with E-state index in [-0.39, 0.29) is 18.5 Å². The first-order valence-electron chi connectivity index (χ1n) is 5.91. The first-order valence-corrected chi connectivity index (χ1v) is 5.91. The summed E-state index contributed by atoms with van der Waals surface area (Å²) in [5, 5.41) is 0. The summed E-state index contributed by atoms with van der Waals surface area (Å²) in [4.78, 5) is 15.9. The van der Waals surface area contributed by atoms with Crippen LogP contribution in [0.15, 0.2) is 35.3 Å². The molecule has 1 unspecified atom stereocenters. The first kappa shape index (κ1) is 12.8. The van der Waals surface area contributed by atoms with Crippen LogP contribution in [0.5, 0.6) is 0 Å². The molecule has 1 aliphatic rings. The van der Waals surface area contributed by atoms with E-state index in [1.54, 1.807) is 0 Å². The van der Waals surface area contributed by atoms with E-state index in [0.717, 1.165) is 11.3 Å². The molecule has 2 rings (SSSR count). The van der Waals surface area contributed by atoms with Crippen LogP contribution in [0.3, 0.4) is 0 Å².